The van der Waals surface area contributed by atoms with Crippen molar-refractivity contribution in [2.75, 3.05) is 18.5 Å². The lowest BCUT2D eigenvalue weighted by Crippen LogP contribution is -2.56. The molecule has 4 unspecified atom stereocenters. The molecule has 6 rings (SSSR count). The van der Waals surface area contributed by atoms with E-state index < -0.39 is 37.0 Å². The van der Waals surface area contributed by atoms with E-state index >= 15 is 0 Å². The van der Waals surface area contributed by atoms with Gasteiger partial charge in [-0.05, 0) is 32.1 Å². The molecule has 6 heterocycles. The summed E-state index contributed by atoms with van der Waals surface area (Å²) in [5.41, 5.74) is 0. The first-order chi connectivity index (χ1) is 15.5. The Morgan fingerprint density at radius 3 is 1.59 bits per heavy atom. The van der Waals surface area contributed by atoms with E-state index in [4.69, 9.17) is 18.9 Å². The van der Waals surface area contributed by atoms with Crippen LogP contribution in [-0.2, 0) is 18.9 Å². The Hall–Kier alpha value is 0.160. The lowest BCUT2D eigenvalue weighted by Gasteiger charge is -2.43. The maximum atomic E-state index is 10.1. The van der Waals surface area contributed by atoms with Crippen LogP contribution in [0.3, 0.4) is 0 Å². The van der Waals surface area contributed by atoms with E-state index in [1.54, 1.807) is 0 Å². The van der Waals surface area contributed by atoms with Gasteiger partial charge in [-0.15, -0.1) is 0 Å². The van der Waals surface area contributed by atoms with E-state index in [2.05, 4.69) is 15.9 Å². The zero-order valence-electron chi connectivity index (χ0n) is 19.1. The summed E-state index contributed by atoms with van der Waals surface area (Å²) in [7, 11) is 0. The van der Waals surface area contributed by atoms with Gasteiger partial charge >= 0.3 is 0 Å². The first-order valence-corrected chi connectivity index (χ1v) is 13.4. The third-order valence-corrected chi connectivity index (χ3v) is 7.83. The summed E-state index contributed by atoms with van der Waals surface area (Å²) in [4.78, 5) is 0. The Morgan fingerprint density at radius 1 is 0.656 bits per heavy atom. The molecule has 4 bridgehead atoms. The Kier molecular flexibility index (Phi) is 11.1. The molecule has 0 aliphatic carbocycles. The molecular formula is C23H41BrO8. The molecule has 0 aromatic carbocycles. The van der Waals surface area contributed by atoms with Crippen LogP contribution in [0.1, 0.15) is 64.7 Å². The average Bonchev–Trinajstić information content (AvgIpc) is 2.82. The molecule has 0 aromatic rings. The molecule has 188 valence electrons. The zero-order valence-corrected chi connectivity index (χ0v) is 20.6. The number of halogens is 1. The van der Waals surface area contributed by atoms with Crippen molar-refractivity contribution in [1.29, 1.82) is 0 Å². The van der Waals surface area contributed by atoms with Crippen LogP contribution in [0, 0.1) is 11.8 Å². The topological polar surface area (TPSA) is 118 Å². The van der Waals surface area contributed by atoms with Crippen LogP contribution < -0.4 is 0 Å². The van der Waals surface area contributed by atoms with Crippen molar-refractivity contribution < 1.29 is 39.4 Å². The van der Waals surface area contributed by atoms with Crippen LogP contribution in [0.2, 0.25) is 0 Å². The second-order valence-electron chi connectivity index (χ2n) is 9.38. The highest BCUT2D eigenvalue weighted by atomic mass is 79.9. The molecule has 0 saturated carbocycles. The largest absolute Gasteiger partial charge is 0.390 e. The number of hydrogen-bond acceptors (Lipinski definition) is 8. The Balaban J connectivity index is 0.000000181. The number of ether oxygens (including phenoxy) is 4. The second-order valence-corrected chi connectivity index (χ2v) is 10.0. The van der Waals surface area contributed by atoms with Crippen molar-refractivity contribution in [3.05, 3.63) is 0 Å². The van der Waals surface area contributed by atoms with Gasteiger partial charge in [0, 0.05) is 30.4 Å². The lowest BCUT2D eigenvalue weighted by molar-refractivity contribution is -0.288. The molecule has 8 nitrogen and oxygen atoms in total. The third-order valence-electron chi connectivity index (χ3n) is 7.19. The van der Waals surface area contributed by atoms with Crippen LogP contribution in [0.15, 0.2) is 0 Å². The number of rotatable bonds is 2. The summed E-state index contributed by atoms with van der Waals surface area (Å²) in [6.07, 6.45) is 4.43. The Labute approximate surface area is 199 Å². The van der Waals surface area contributed by atoms with E-state index in [-0.39, 0.29) is 24.0 Å². The van der Waals surface area contributed by atoms with E-state index in [1.807, 2.05) is 6.92 Å². The minimum Gasteiger partial charge on any atom is -0.390 e. The number of aliphatic hydroxyl groups excluding tert-OH is 4. The van der Waals surface area contributed by atoms with Crippen molar-refractivity contribution in [2.45, 2.75) is 114 Å². The quantitative estimate of drug-likeness (QED) is 0.405. The molecule has 0 amide bonds. The fourth-order valence-electron chi connectivity index (χ4n) is 5.23. The molecule has 0 radical (unpaired) electrons. The summed E-state index contributed by atoms with van der Waals surface area (Å²) >= 11 is 3.39. The maximum absolute atomic E-state index is 10.1. The van der Waals surface area contributed by atoms with Gasteiger partial charge < -0.3 is 39.4 Å². The van der Waals surface area contributed by atoms with Gasteiger partial charge in [0.1, 0.15) is 12.2 Å². The van der Waals surface area contributed by atoms with Gasteiger partial charge in [0.05, 0.1) is 24.4 Å². The van der Waals surface area contributed by atoms with Crippen LogP contribution in [-0.4, -0.2) is 88.2 Å². The van der Waals surface area contributed by atoms with Gasteiger partial charge in [-0.25, -0.2) is 0 Å². The van der Waals surface area contributed by atoms with E-state index in [0.29, 0.717) is 18.5 Å². The normalized spacial score (nSPS) is 45.6. The van der Waals surface area contributed by atoms with Crippen molar-refractivity contribution in [3.63, 3.8) is 0 Å². The molecule has 0 aromatic heterocycles. The Morgan fingerprint density at radius 2 is 1.12 bits per heavy atom. The number of aliphatic hydroxyl groups is 4. The first-order valence-electron chi connectivity index (χ1n) is 12.3. The molecule has 32 heavy (non-hydrogen) atoms. The molecule has 6 aliphatic heterocycles. The molecule has 4 N–H and O–H groups in total. The lowest BCUT2D eigenvalue weighted by atomic mass is 9.83. The van der Waals surface area contributed by atoms with Crippen molar-refractivity contribution in [1.82, 2.24) is 0 Å². The molecule has 0 spiro atoms. The fourth-order valence-corrected chi connectivity index (χ4v) is 5.86. The van der Waals surface area contributed by atoms with E-state index in [1.165, 1.54) is 0 Å². The van der Waals surface area contributed by atoms with Crippen molar-refractivity contribution in [3.8, 4) is 0 Å². The Bertz CT molecular complexity index is 486. The molecule has 6 saturated heterocycles. The molecule has 6 aliphatic rings. The van der Waals surface area contributed by atoms with Gasteiger partial charge in [0.15, 0.2) is 12.6 Å². The highest BCUT2D eigenvalue weighted by molar-refractivity contribution is 9.09. The second kappa shape index (κ2) is 13.3. The molecule has 9 heteroatoms. The summed E-state index contributed by atoms with van der Waals surface area (Å²) in [5.74, 6) is 0.0604. The summed E-state index contributed by atoms with van der Waals surface area (Å²) in [5, 5.41) is 40.6. The molecular weight excluding hydrogens is 484 g/mol. The SMILES string of the molecule is CC[C@H]1O[C@@H]2OCCCCC[C@H]1C(O)C2O.OC1C(O)[C@@H]2CCCCCO[C@H]1O[C@@H]2CBr. The predicted molar refractivity (Wildman–Crippen MR) is 121 cm³/mol. The van der Waals surface area contributed by atoms with Crippen LogP contribution in [0.25, 0.3) is 0 Å². The van der Waals surface area contributed by atoms with Gasteiger partial charge in [-0.3, -0.25) is 0 Å². The standard InChI is InChI=1S/C12H22O4.C11H19BrO4/c1-2-9-8-6-4-3-5-7-15-12(16-9)11(14)10(8)13;12-6-8-7-4-2-1-3-5-15-11(16-8)10(14)9(7)13/h8-14H,2-7H2,1H3;7-11,13-14H,1-6H2/t8-,9-,10?,11?,12+;7-,8-,9?,10?,11+/m11/s1. The van der Waals surface area contributed by atoms with Crippen LogP contribution in [0.4, 0.5) is 0 Å². The van der Waals surface area contributed by atoms with Crippen molar-refractivity contribution >= 4 is 15.9 Å². The number of alkyl halides is 1. The zero-order chi connectivity index (χ0) is 23.1. The third kappa shape index (κ3) is 6.64. The summed E-state index contributed by atoms with van der Waals surface area (Å²) in [6.45, 7) is 3.24. The monoisotopic (exact) mass is 524 g/mol. The van der Waals surface area contributed by atoms with Crippen LogP contribution in [0.5, 0.6) is 0 Å². The first kappa shape index (κ1) is 26.8. The van der Waals surface area contributed by atoms with Crippen molar-refractivity contribution in [2.24, 2.45) is 11.8 Å². The van der Waals surface area contributed by atoms with E-state index in [0.717, 1.165) is 57.8 Å². The summed E-state index contributed by atoms with van der Waals surface area (Å²) in [6, 6.07) is 0. The molecule has 10 atom stereocenters. The minimum atomic E-state index is -0.918. The van der Waals surface area contributed by atoms with E-state index in [9.17, 15) is 20.4 Å². The fraction of sp³-hybridized carbons (Fsp3) is 1.00. The number of hydrogen-bond donors (Lipinski definition) is 4. The smallest absolute Gasteiger partial charge is 0.186 e. The van der Waals surface area contributed by atoms with Gasteiger partial charge in [0.25, 0.3) is 0 Å². The minimum absolute atomic E-state index is 0.00678. The highest BCUT2D eigenvalue weighted by Crippen LogP contribution is 2.34. The highest BCUT2D eigenvalue weighted by Gasteiger charge is 2.45. The summed E-state index contributed by atoms with van der Waals surface area (Å²) < 4.78 is 22.4. The van der Waals surface area contributed by atoms with Crippen LogP contribution >= 0.6 is 15.9 Å². The number of fused-ring (bicyclic) bond motifs is 14. The van der Waals surface area contributed by atoms with Gasteiger partial charge in [0.2, 0.25) is 0 Å². The predicted octanol–water partition coefficient (Wildman–Crippen LogP) is 2.08. The molecule has 6 fully saturated rings. The maximum Gasteiger partial charge on any atom is 0.186 e. The average molecular weight is 525 g/mol. The van der Waals surface area contributed by atoms with Gasteiger partial charge in [-0.2, -0.15) is 0 Å². The van der Waals surface area contributed by atoms with Gasteiger partial charge in [-0.1, -0.05) is 48.5 Å².